The first-order chi connectivity index (χ1) is 16.9. The Balaban J connectivity index is 0.000000189. The number of hydrogen-bond acceptors (Lipinski definition) is 3. The summed E-state index contributed by atoms with van der Waals surface area (Å²) in [6.07, 6.45) is 5.36. The molecule has 1 radical (unpaired) electrons. The molecule has 0 saturated heterocycles. The van der Waals surface area contributed by atoms with Crippen molar-refractivity contribution in [3.05, 3.63) is 134 Å². The number of rotatable bonds is 4. The van der Waals surface area contributed by atoms with Crippen LogP contribution in [-0.2, 0) is 20.1 Å². The molecule has 0 fully saturated rings. The van der Waals surface area contributed by atoms with E-state index in [1.807, 2.05) is 115 Å². The van der Waals surface area contributed by atoms with Gasteiger partial charge in [0.1, 0.15) is 0 Å². The van der Waals surface area contributed by atoms with Gasteiger partial charge in [0.25, 0.3) is 0 Å². The van der Waals surface area contributed by atoms with Gasteiger partial charge in [-0.15, -0.1) is 35.9 Å². The van der Waals surface area contributed by atoms with Gasteiger partial charge in [-0.2, -0.15) is 0 Å². The van der Waals surface area contributed by atoms with Gasteiger partial charge in [0.05, 0.1) is 0 Å². The molecule has 0 aliphatic carbocycles. The first kappa shape index (κ1) is 24.0. The van der Waals surface area contributed by atoms with Gasteiger partial charge in [0, 0.05) is 49.8 Å². The second-order valence-electron chi connectivity index (χ2n) is 7.39. The van der Waals surface area contributed by atoms with E-state index in [2.05, 4.69) is 26.1 Å². The van der Waals surface area contributed by atoms with Crippen molar-refractivity contribution in [3.63, 3.8) is 0 Å². The van der Waals surface area contributed by atoms with Gasteiger partial charge in [0.2, 0.25) is 0 Å². The zero-order valence-electron chi connectivity index (χ0n) is 18.7. The van der Waals surface area contributed by atoms with Crippen LogP contribution in [0, 0.1) is 6.07 Å². The SMILES string of the molecule is [Ir].[c-]1ccccc1-c1ccccn1.c1ccc(-c2nc(-n3cccn3)[n-]c2-c2ccccc2)cc1. The van der Waals surface area contributed by atoms with Crippen LogP contribution in [0.2, 0.25) is 0 Å². The minimum absolute atomic E-state index is 0. The van der Waals surface area contributed by atoms with E-state index >= 15 is 0 Å². The van der Waals surface area contributed by atoms with Gasteiger partial charge in [-0.3, -0.25) is 0 Å². The second-order valence-corrected chi connectivity index (χ2v) is 7.39. The Morgan fingerprint density at radius 1 is 0.686 bits per heavy atom. The van der Waals surface area contributed by atoms with Gasteiger partial charge in [-0.05, 0) is 35.2 Å². The molecule has 6 heteroatoms. The number of imidazole rings is 1. The second kappa shape index (κ2) is 11.8. The fraction of sp³-hybridized carbons (Fsp3) is 0. The van der Waals surface area contributed by atoms with Crippen LogP contribution in [-0.4, -0.2) is 19.7 Å². The van der Waals surface area contributed by atoms with Crippen molar-refractivity contribution in [2.75, 3.05) is 0 Å². The van der Waals surface area contributed by atoms with E-state index in [0.717, 1.165) is 33.8 Å². The van der Waals surface area contributed by atoms with E-state index in [9.17, 15) is 0 Å². The predicted octanol–water partition coefficient (Wildman–Crippen LogP) is 6.10. The molecular formula is C29H21IrN5-2. The van der Waals surface area contributed by atoms with Crippen molar-refractivity contribution in [1.82, 2.24) is 24.7 Å². The molecule has 0 amide bonds. The van der Waals surface area contributed by atoms with E-state index < -0.39 is 0 Å². The first-order valence-electron chi connectivity index (χ1n) is 10.9. The molecule has 6 aromatic rings. The number of hydrogen-bond donors (Lipinski definition) is 0. The van der Waals surface area contributed by atoms with Crippen molar-refractivity contribution < 1.29 is 20.1 Å². The fourth-order valence-electron chi connectivity index (χ4n) is 3.49. The molecule has 0 bridgehead atoms. The maximum Gasteiger partial charge on any atom is 0.0427 e. The molecule has 0 aliphatic rings. The van der Waals surface area contributed by atoms with Gasteiger partial charge in [0.15, 0.2) is 0 Å². The summed E-state index contributed by atoms with van der Waals surface area (Å²) in [6, 6.07) is 38.9. The monoisotopic (exact) mass is 632 g/mol. The number of pyridine rings is 1. The molecule has 0 N–H and O–H groups in total. The van der Waals surface area contributed by atoms with Crippen molar-refractivity contribution in [2.24, 2.45) is 0 Å². The summed E-state index contributed by atoms with van der Waals surface area (Å²) >= 11 is 0. The quantitative estimate of drug-likeness (QED) is 0.221. The van der Waals surface area contributed by atoms with Crippen molar-refractivity contribution >= 4 is 0 Å². The van der Waals surface area contributed by atoms with E-state index in [0.29, 0.717) is 5.95 Å². The standard InChI is InChI=1S/C18H13N4.C11H8N.Ir/c1-3-8-14(9-4-1)16-17(15-10-5-2-6-11-15)21-18(20-16)22-13-7-12-19-22;1-2-6-10(7-3-1)11-8-4-5-9-12-11;/h1-13H;1-6,8-9H;/q2*-1;. The minimum atomic E-state index is 0. The van der Waals surface area contributed by atoms with Crippen LogP contribution in [0.3, 0.4) is 0 Å². The Morgan fingerprint density at radius 2 is 1.40 bits per heavy atom. The summed E-state index contributed by atoms with van der Waals surface area (Å²) < 4.78 is 1.68. The van der Waals surface area contributed by atoms with Crippen LogP contribution in [0.1, 0.15) is 0 Å². The molecule has 6 rings (SSSR count). The maximum atomic E-state index is 4.69. The summed E-state index contributed by atoms with van der Waals surface area (Å²) in [5.41, 5.74) is 5.85. The molecule has 0 spiro atoms. The van der Waals surface area contributed by atoms with E-state index in [1.165, 1.54) is 0 Å². The molecule has 35 heavy (non-hydrogen) atoms. The Morgan fingerprint density at radius 3 is 2.03 bits per heavy atom. The zero-order valence-corrected chi connectivity index (χ0v) is 21.1. The summed E-state index contributed by atoms with van der Waals surface area (Å²) in [4.78, 5) is 13.6. The molecule has 5 nitrogen and oxygen atoms in total. The van der Waals surface area contributed by atoms with Crippen LogP contribution in [0.5, 0.6) is 0 Å². The molecule has 0 atom stereocenters. The van der Waals surface area contributed by atoms with Gasteiger partial charge in [-0.25, -0.2) is 5.10 Å². The summed E-state index contributed by atoms with van der Waals surface area (Å²) in [5.74, 6) is 0.586. The van der Waals surface area contributed by atoms with Gasteiger partial charge in [-0.1, -0.05) is 72.8 Å². The van der Waals surface area contributed by atoms with Crippen molar-refractivity contribution in [2.45, 2.75) is 0 Å². The smallest absolute Gasteiger partial charge is 0.0427 e. The summed E-state index contributed by atoms with van der Waals surface area (Å²) in [6.45, 7) is 0. The predicted molar refractivity (Wildman–Crippen MR) is 134 cm³/mol. The van der Waals surface area contributed by atoms with Crippen LogP contribution in [0.15, 0.2) is 128 Å². The Hall–Kier alpha value is -4.12. The Labute approximate surface area is 217 Å². The van der Waals surface area contributed by atoms with E-state index in [4.69, 9.17) is 0 Å². The largest absolute Gasteiger partial charge is 0.356 e. The first-order valence-corrected chi connectivity index (χ1v) is 10.9. The molecule has 0 saturated carbocycles. The Bertz CT molecular complexity index is 1320. The van der Waals surface area contributed by atoms with E-state index in [1.54, 1.807) is 17.1 Å². The summed E-state index contributed by atoms with van der Waals surface area (Å²) in [5, 5.41) is 4.22. The third-order valence-electron chi connectivity index (χ3n) is 5.10. The molecule has 173 valence electrons. The molecule has 3 aromatic heterocycles. The topological polar surface area (TPSA) is 57.7 Å². The fourth-order valence-corrected chi connectivity index (χ4v) is 3.49. The van der Waals surface area contributed by atoms with E-state index in [-0.39, 0.29) is 20.1 Å². The van der Waals surface area contributed by atoms with Gasteiger partial charge >= 0.3 is 0 Å². The van der Waals surface area contributed by atoms with Crippen LogP contribution in [0.4, 0.5) is 0 Å². The van der Waals surface area contributed by atoms with Crippen LogP contribution < -0.4 is 4.98 Å². The molecule has 0 unspecified atom stereocenters. The maximum absolute atomic E-state index is 4.69. The number of benzene rings is 3. The number of aromatic nitrogens is 5. The molecule has 3 heterocycles. The number of nitrogens with zero attached hydrogens (tertiary/aromatic N) is 5. The zero-order chi connectivity index (χ0) is 23.0. The average molecular weight is 632 g/mol. The average Bonchev–Trinajstić information content (AvgIpc) is 3.62. The summed E-state index contributed by atoms with van der Waals surface area (Å²) in [7, 11) is 0. The molecular weight excluding hydrogens is 611 g/mol. The van der Waals surface area contributed by atoms with Crippen molar-refractivity contribution in [3.8, 4) is 39.7 Å². The molecule has 3 aromatic carbocycles. The van der Waals surface area contributed by atoms with Gasteiger partial charge < -0.3 is 19.6 Å². The minimum Gasteiger partial charge on any atom is -0.356 e. The normalized spacial score (nSPS) is 10.1. The van der Waals surface area contributed by atoms with Crippen LogP contribution >= 0.6 is 0 Å². The van der Waals surface area contributed by atoms with Crippen molar-refractivity contribution in [1.29, 1.82) is 0 Å². The molecule has 0 aliphatic heterocycles. The third kappa shape index (κ3) is 5.87. The third-order valence-corrected chi connectivity index (χ3v) is 5.10. The van der Waals surface area contributed by atoms with Crippen LogP contribution in [0.25, 0.3) is 39.7 Å². The Kier molecular flexibility index (Phi) is 8.12.